The minimum Gasteiger partial charge on any atom is -0.479 e. The van der Waals surface area contributed by atoms with E-state index in [0.717, 1.165) is 12.1 Å². The molecule has 1 aromatic rings. The van der Waals surface area contributed by atoms with E-state index in [1.807, 2.05) is 0 Å². The van der Waals surface area contributed by atoms with Gasteiger partial charge in [0.05, 0.1) is 5.02 Å². The van der Waals surface area contributed by atoms with Gasteiger partial charge in [-0.2, -0.15) is 0 Å². The second kappa shape index (κ2) is 4.13. The number of halogens is 3. The molecule has 0 unspecified atom stereocenters. The summed E-state index contributed by atoms with van der Waals surface area (Å²) >= 11 is 11.0. The highest BCUT2D eigenvalue weighted by molar-refractivity contribution is 6.35. The Morgan fingerprint density at radius 2 is 2.00 bits per heavy atom. The van der Waals surface area contributed by atoms with Crippen LogP contribution in [0.1, 0.15) is 11.7 Å². The van der Waals surface area contributed by atoms with Gasteiger partial charge in [-0.3, -0.25) is 0 Å². The summed E-state index contributed by atoms with van der Waals surface area (Å²) in [7, 11) is 0. The fourth-order valence-corrected chi connectivity index (χ4v) is 1.51. The first kappa shape index (κ1) is 11.2. The average Bonchev–Trinajstić information content (AvgIpc) is 2.01. The van der Waals surface area contributed by atoms with Crippen molar-refractivity contribution in [1.29, 1.82) is 0 Å². The van der Waals surface area contributed by atoms with Crippen molar-refractivity contribution in [1.82, 2.24) is 0 Å². The Morgan fingerprint density at radius 1 is 1.43 bits per heavy atom. The lowest BCUT2D eigenvalue weighted by molar-refractivity contribution is -0.147. The minimum absolute atomic E-state index is 0.0360. The van der Waals surface area contributed by atoms with Gasteiger partial charge in [0.15, 0.2) is 6.10 Å². The lowest BCUT2D eigenvalue weighted by atomic mass is 10.1. The number of aliphatic hydroxyl groups is 1. The smallest absolute Gasteiger partial charge is 0.337 e. The van der Waals surface area contributed by atoms with Crippen LogP contribution in [0.25, 0.3) is 0 Å². The van der Waals surface area contributed by atoms with Gasteiger partial charge in [-0.15, -0.1) is 0 Å². The van der Waals surface area contributed by atoms with E-state index >= 15 is 0 Å². The van der Waals surface area contributed by atoms with Crippen LogP contribution in [0.2, 0.25) is 10.0 Å². The molecule has 0 spiro atoms. The Bertz CT molecular complexity index is 358. The normalized spacial score (nSPS) is 12.6. The lowest BCUT2D eigenvalue weighted by Gasteiger charge is -2.09. The molecule has 3 nitrogen and oxygen atoms in total. The number of benzene rings is 1. The lowest BCUT2D eigenvalue weighted by Crippen LogP contribution is -2.12. The number of hydrogen-bond donors (Lipinski definition) is 2. The first-order valence-corrected chi connectivity index (χ1v) is 4.24. The van der Waals surface area contributed by atoms with Crippen molar-refractivity contribution in [2.75, 3.05) is 0 Å². The molecular formula is C8H5Cl2FO3. The third kappa shape index (κ3) is 2.15. The van der Waals surface area contributed by atoms with E-state index < -0.39 is 23.5 Å². The molecule has 0 amide bonds. The number of aliphatic carboxylic acids is 1. The Morgan fingerprint density at radius 3 is 2.43 bits per heavy atom. The molecule has 0 saturated heterocycles. The van der Waals surface area contributed by atoms with Gasteiger partial charge >= 0.3 is 5.97 Å². The van der Waals surface area contributed by atoms with E-state index in [2.05, 4.69) is 0 Å². The van der Waals surface area contributed by atoms with Gasteiger partial charge in [0.2, 0.25) is 0 Å². The van der Waals surface area contributed by atoms with E-state index in [4.69, 9.17) is 33.4 Å². The van der Waals surface area contributed by atoms with Crippen LogP contribution in [0.5, 0.6) is 0 Å². The molecule has 6 heteroatoms. The maximum absolute atomic E-state index is 13.1. The molecule has 0 saturated carbocycles. The predicted octanol–water partition coefficient (Wildman–Crippen LogP) is 2.25. The van der Waals surface area contributed by atoms with Crippen molar-refractivity contribution in [3.05, 3.63) is 33.6 Å². The SMILES string of the molecule is O=C(O)[C@H](O)c1c(F)cc(Cl)cc1Cl. The molecule has 1 aromatic carbocycles. The number of carbonyl (C=O) groups is 1. The maximum atomic E-state index is 13.1. The van der Waals surface area contributed by atoms with Gasteiger partial charge in [0.1, 0.15) is 5.82 Å². The van der Waals surface area contributed by atoms with Gasteiger partial charge in [-0.05, 0) is 12.1 Å². The van der Waals surface area contributed by atoms with E-state index in [9.17, 15) is 9.18 Å². The molecular weight excluding hydrogens is 234 g/mol. The summed E-state index contributed by atoms with van der Waals surface area (Å²) in [6, 6.07) is 2.04. The summed E-state index contributed by atoms with van der Waals surface area (Å²) in [6.07, 6.45) is -1.99. The summed E-state index contributed by atoms with van der Waals surface area (Å²) in [5.74, 6) is -2.52. The Labute approximate surface area is 88.7 Å². The molecule has 0 aromatic heterocycles. The van der Waals surface area contributed by atoms with Crippen LogP contribution < -0.4 is 0 Å². The number of hydrogen-bond acceptors (Lipinski definition) is 2. The van der Waals surface area contributed by atoms with Crippen molar-refractivity contribution in [2.45, 2.75) is 6.10 Å². The highest BCUT2D eigenvalue weighted by Gasteiger charge is 2.23. The fraction of sp³-hybridized carbons (Fsp3) is 0.125. The molecule has 0 aliphatic heterocycles. The van der Waals surface area contributed by atoms with E-state index in [-0.39, 0.29) is 10.0 Å². The van der Waals surface area contributed by atoms with Gasteiger partial charge in [0, 0.05) is 10.6 Å². The topological polar surface area (TPSA) is 57.5 Å². The van der Waals surface area contributed by atoms with Crippen molar-refractivity contribution in [3.63, 3.8) is 0 Å². The summed E-state index contributed by atoms with van der Waals surface area (Å²) in [5.41, 5.74) is -0.483. The summed E-state index contributed by atoms with van der Waals surface area (Å²) in [5, 5.41) is 17.3. The maximum Gasteiger partial charge on any atom is 0.337 e. The zero-order chi connectivity index (χ0) is 10.9. The largest absolute Gasteiger partial charge is 0.479 e. The predicted molar refractivity (Wildman–Crippen MR) is 49.0 cm³/mol. The van der Waals surface area contributed by atoms with Gasteiger partial charge in [-0.25, -0.2) is 9.18 Å². The molecule has 76 valence electrons. The van der Waals surface area contributed by atoms with Crippen LogP contribution in [0, 0.1) is 5.82 Å². The number of rotatable bonds is 2. The highest BCUT2D eigenvalue weighted by atomic mass is 35.5. The second-order valence-electron chi connectivity index (χ2n) is 2.52. The molecule has 0 bridgehead atoms. The zero-order valence-electron chi connectivity index (χ0n) is 6.67. The molecule has 1 atom stereocenters. The molecule has 1 rings (SSSR count). The number of aliphatic hydroxyl groups excluding tert-OH is 1. The first-order chi connectivity index (χ1) is 6.43. The number of carboxylic acid groups (broad SMARTS) is 1. The molecule has 0 fully saturated rings. The summed E-state index contributed by atoms with van der Waals surface area (Å²) < 4.78 is 13.1. The van der Waals surface area contributed by atoms with Crippen LogP contribution in [-0.2, 0) is 4.79 Å². The molecule has 2 N–H and O–H groups in total. The van der Waals surface area contributed by atoms with Gasteiger partial charge in [0.25, 0.3) is 0 Å². The van der Waals surface area contributed by atoms with Crippen molar-refractivity contribution < 1.29 is 19.4 Å². The summed E-state index contributed by atoms with van der Waals surface area (Å²) in [4.78, 5) is 10.4. The van der Waals surface area contributed by atoms with Crippen LogP contribution in [0.15, 0.2) is 12.1 Å². The quantitative estimate of drug-likeness (QED) is 0.831. The van der Waals surface area contributed by atoms with Gasteiger partial charge < -0.3 is 10.2 Å². The zero-order valence-corrected chi connectivity index (χ0v) is 8.18. The third-order valence-corrected chi connectivity index (χ3v) is 2.08. The van der Waals surface area contributed by atoms with E-state index in [1.165, 1.54) is 0 Å². The minimum atomic E-state index is -1.99. The van der Waals surface area contributed by atoms with Crippen LogP contribution >= 0.6 is 23.2 Å². The summed E-state index contributed by atoms with van der Waals surface area (Å²) in [6.45, 7) is 0. The fourth-order valence-electron chi connectivity index (χ4n) is 0.938. The van der Waals surface area contributed by atoms with Gasteiger partial charge in [-0.1, -0.05) is 23.2 Å². The van der Waals surface area contributed by atoms with Crippen LogP contribution in [0.4, 0.5) is 4.39 Å². The van der Waals surface area contributed by atoms with E-state index in [1.54, 1.807) is 0 Å². The molecule has 0 aliphatic carbocycles. The molecule has 0 aliphatic rings. The van der Waals surface area contributed by atoms with Crippen molar-refractivity contribution in [2.24, 2.45) is 0 Å². The second-order valence-corrected chi connectivity index (χ2v) is 3.37. The van der Waals surface area contributed by atoms with Crippen LogP contribution in [-0.4, -0.2) is 16.2 Å². The van der Waals surface area contributed by atoms with Crippen LogP contribution in [0.3, 0.4) is 0 Å². The Hall–Kier alpha value is -0.840. The molecule has 0 heterocycles. The molecule has 0 radical (unpaired) electrons. The average molecular weight is 239 g/mol. The highest BCUT2D eigenvalue weighted by Crippen LogP contribution is 2.29. The van der Waals surface area contributed by atoms with Crippen molar-refractivity contribution in [3.8, 4) is 0 Å². The van der Waals surface area contributed by atoms with Crippen molar-refractivity contribution >= 4 is 29.2 Å². The molecule has 14 heavy (non-hydrogen) atoms. The standard InChI is InChI=1S/C8H5Cl2FO3/c9-3-1-4(10)6(5(11)2-3)7(12)8(13)14/h1-2,7,12H,(H,13,14)/t7-/m1/s1. The van der Waals surface area contributed by atoms with E-state index in [0.29, 0.717) is 0 Å². The first-order valence-electron chi connectivity index (χ1n) is 3.48. The Balaban J connectivity index is 3.27. The third-order valence-electron chi connectivity index (χ3n) is 1.55. The monoisotopic (exact) mass is 238 g/mol. The Kier molecular flexibility index (Phi) is 3.31. The number of carboxylic acids is 1.